The Bertz CT molecular complexity index is 559. The fraction of sp³-hybridized carbons (Fsp3) is 0.571. The van der Waals surface area contributed by atoms with Gasteiger partial charge in [0.05, 0.1) is 24.2 Å². The van der Waals surface area contributed by atoms with Gasteiger partial charge in [-0.05, 0) is 44.5 Å². The third-order valence-corrected chi connectivity index (χ3v) is 4.29. The first kappa shape index (κ1) is 16.4. The SMILES string of the molecule is CC1(C)OCC(NCCc2ccc(S(N)(=O)=O)cc2)CO1. The van der Waals surface area contributed by atoms with Crippen molar-refractivity contribution in [3.63, 3.8) is 0 Å². The van der Waals surface area contributed by atoms with Crippen LogP contribution >= 0.6 is 0 Å². The predicted octanol–water partition coefficient (Wildman–Crippen LogP) is 0.618. The molecular weight excluding hydrogens is 292 g/mol. The van der Waals surface area contributed by atoms with Gasteiger partial charge in [-0.2, -0.15) is 0 Å². The van der Waals surface area contributed by atoms with E-state index in [2.05, 4.69) is 5.32 Å². The molecule has 118 valence electrons. The number of nitrogens with two attached hydrogens (primary N) is 1. The van der Waals surface area contributed by atoms with Gasteiger partial charge in [0.15, 0.2) is 5.79 Å². The van der Waals surface area contributed by atoms with Crippen molar-refractivity contribution < 1.29 is 17.9 Å². The molecular formula is C14H22N2O4S. The van der Waals surface area contributed by atoms with Crippen LogP contribution in [0.2, 0.25) is 0 Å². The summed E-state index contributed by atoms with van der Waals surface area (Å²) in [5, 5.41) is 8.42. The van der Waals surface area contributed by atoms with Crippen molar-refractivity contribution in [3.05, 3.63) is 29.8 Å². The van der Waals surface area contributed by atoms with Crippen LogP contribution in [-0.4, -0.2) is 40.0 Å². The third-order valence-electron chi connectivity index (χ3n) is 3.36. The number of primary sulfonamides is 1. The average Bonchev–Trinajstić information content (AvgIpc) is 2.40. The predicted molar refractivity (Wildman–Crippen MR) is 79.3 cm³/mol. The van der Waals surface area contributed by atoms with Gasteiger partial charge in [-0.1, -0.05) is 12.1 Å². The minimum atomic E-state index is -3.62. The van der Waals surface area contributed by atoms with E-state index in [-0.39, 0.29) is 10.9 Å². The lowest BCUT2D eigenvalue weighted by Crippen LogP contribution is -2.48. The van der Waals surface area contributed by atoms with Crippen molar-refractivity contribution in [2.45, 2.75) is 37.0 Å². The van der Waals surface area contributed by atoms with E-state index in [1.165, 1.54) is 12.1 Å². The minimum absolute atomic E-state index is 0.135. The molecule has 3 N–H and O–H groups in total. The van der Waals surface area contributed by atoms with Crippen LogP contribution in [0.4, 0.5) is 0 Å². The highest BCUT2D eigenvalue weighted by atomic mass is 32.2. The minimum Gasteiger partial charge on any atom is -0.349 e. The Morgan fingerprint density at radius 3 is 2.33 bits per heavy atom. The number of benzene rings is 1. The van der Waals surface area contributed by atoms with E-state index >= 15 is 0 Å². The second kappa shape index (κ2) is 6.41. The molecule has 1 aromatic carbocycles. The first-order valence-electron chi connectivity index (χ1n) is 6.89. The molecule has 2 rings (SSSR count). The molecule has 0 spiro atoms. The van der Waals surface area contributed by atoms with E-state index in [0.29, 0.717) is 13.2 Å². The maximum absolute atomic E-state index is 11.2. The molecule has 1 aliphatic rings. The molecule has 0 aromatic heterocycles. The first-order valence-corrected chi connectivity index (χ1v) is 8.44. The number of rotatable bonds is 5. The van der Waals surface area contributed by atoms with Crippen molar-refractivity contribution in [2.75, 3.05) is 19.8 Å². The number of ether oxygens (including phenoxy) is 2. The van der Waals surface area contributed by atoms with Gasteiger partial charge in [0.1, 0.15) is 0 Å². The molecule has 1 saturated heterocycles. The van der Waals surface area contributed by atoms with Gasteiger partial charge in [0.2, 0.25) is 10.0 Å². The lowest BCUT2D eigenvalue weighted by molar-refractivity contribution is -0.252. The van der Waals surface area contributed by atoms with E-state index in [9.17, 15) is 8.42 Å². The fourth-order valence-electron chi connectivity index (χ4n) is 2.08. The zero-order valence-electron chi connectivity index (χ0n) is 12.3. The van der Waals surface area contributed by atoms with Crippen LogP contribution < -0.4 is 10.5 Å². The lowest BCUT2D eigenvalue weighted by Gasteiger charge is -2.35. The molecule has 7 heteroatoms. The molecule has 0 radical (unpaired) electrons. The van der Waals surface area contributed by atoms with Crippen molar-refractivity contribution in [1.29, 1.82) is 0 Å². The maximum Gasteiger partial charge on any atom is 0.238 e. The van der Waals surface area contributed by atoms with Gasteiger partial charge >= 0.3 is 0 Å². The van der Waals surface area contributed by atoms with Gasteiger partial charge in [0.25, 0.3) is 0 Å². The molecule has 1 heterocycles. The summed E-state index contributed by atoms with van der Waals surface area (Å²) in [4.78, 5) is 0.135. The summed E-state index contributed by atoms with van der Waals surface area (Å²) >= 11 is 0. The Morgan fingerprint density at radius 1 is 1.24 bits per heavy atom. The van der Waals surface area contributed by atoms with Crippen molar-refractivity contribution >= 4 is 10.0 Å². The number of hydrogen-bond donors (Lipinski definition) is 2. The second-order valence-electron chi connectivity index (χ2n) is 5.61. The molecule has 0 saturated carbocycles. The van der Waals surface area contributed by atoms with Gasteiger partial charge in [-0.25, -0.2) is 13.6 Å². The highest BCUT2D eigenvalue weighted by Gasteiger charge is 2.27. The molecule has 0 atom stereocenters. The maximum atomic E-state index is 11.2. The van der Waals surface area contributed by atoms with Crippen molar-refractivity contribution in [1.82, 2.24) is 5.32 Å². The smallest absolute Gasteiger partial charge is 0.238 e. The standard InChI is InChI=1S/C14H22N2O4S/c1-14(2)19-9-12(10-20-14)16-8-7-11-3-5-13(6-4-11)21(15,17)18/h3-6,12,16H,7-10H2,1-2H3,(H2,15,17,18). The van der Waals surface area contributed by atoms with Gasteiger partial charge in [-0.3, -0.25) is 0 Å². The van der Waals surface area contributed by atoms with E-state index in [0.717, 1.165) is 18.5 Å². The summed E-state index contributed by atoms with van der Waals surface area (Å²) in [5.74, 6) is -0.498. The van der Waals surface area contributed by atoms with Gasteiger partial charge in [-0.15, -0.1) is 0 Å². The number of nitrogens with one attached hydrogen (secondary N) is 1. The van der Waals surface area contributed by atoms with Crippen LogP contribution in [0.15, 0.2) is 29.2 Å². The topological polar surface area (TPSA) is 90.6 Å². The van der Waals surface area contributed by atoms with Gasteiger partial charge in [0, 0.05) is 0 Å². The molecule has 0 aliphatic carbocycles. The fourth-order valence-corrected chi connectivity index (χ4v) is 2.59. The largest absolute Gasteiger partial charge is 0.349 e. The quantitative estimate of drug-likeness (QED) is 0.831. The van der Waals surface area contributed by atoms with Crippen LogP contribution in [0.5, 0.6) is 0 Å². The summed E-state index contributed by atoms with van der Waals surface area (Å²) in [6, 6.07) is 6.79. The Hall–Kier alpha value is -0.990. The highest BCUT2D eigenvalue weighted by Crippen LogP contribution is 2.17. The first-order chi connectivity index (χ1) is 9.76. The van der Waals surface area contributed by atoms with E-state index in [1.807, 2.05) is 13.8 Å². The Labute approximate surface area is 125 Å². The summed E-state index contributed by atoms with van der Waals surface area (Å²) in [7, 11) is -3.62. The molecule has 1 aliphatic heterocycles. The summed E-state index contributed by atoms with van der Waals surface area (Å²) in [6.07, 6.45) is 0.796. The van der Waals surface area contributed by atoms with E-state index in [4.69, 9.17) is 14.6 Å². The van der Waals surface area contributed by atoms with Crippen molar-refractivity contribution in [3.8, 4) is 0 Å². The third kappa shape index (κ3) is 5.05. The van der Waals surface area contributed by atoms with Crippen molar-refractivity contribution in [2.24, 2.45) is 5.14 Å². The van der Waals surface area contributed by atoms with Crippen LogP contribution in [0, 0.1) is 0 Å². The number of sulfonamides is 1. The van der Waals surface area contributed by atoms with Gasteiger partial charge < -0.3 is 14.8 Å². The Balaban J connectivity index is 1.77. The molecule has 6 nitrogen and oxygen atoms in total. The van der Waals surface area contributed by atoms with Crippen LogP contribution in [0.1, 0.15) is 19.4 Å². The Kier molecular flexibility index (Phi) is 5.00. The van der Waals surface area contributed by atoms with E-state index in [1.54, 1.807) is 12.1 Å². The summed E-state index contributed by atoms with van der Waals surface area (Å²) in [6.45, 7) is 5.81. The normalized spacial score (nSPS) is 19.6. The van der Waals surface area contributed by atoms with Crippen LogP contribution in [-0.2, 0) is 25.9 Å². The molecule has 0 bridgehead atoms. The van der Waals surface area contributed by atoms with E-state index < -0.39 is 15.8 Å². The zero-order valence-corrected chi connectivity index (χ0v) is 13.2. The molecule has 21 heavy (non-hydrogen) atoms. The number of hydrogen-bond acceptors (Lipinski definition) is 5. The zero-order chi connectivity index (χ0) is 15.5. The lowest BCUT2D eigenvalue weighted by atomic mass is 10.1. The molecule has 0 amide bonds. The molecule has 0 unspecified atom stereocenters. The summed E-state index contributed by atoms with van der Waals surface area (Å²) in [5.41, 5.74) is 1.05. The highest BCUT2D eigenvalue weighted by molar-refractivity contribution is 7.89. The molecule has 1 aromatic rings. The van der Waals surface area contributed by atoms with Crippen LogP contribution in [0.3, 0.4) is 0 Å². The summed E-state index contributed by atoms with van der Waals surface area (Å²) < 4.78 is 33.4. The second-order valence-corrected chi connectivity index (χ2v) is 7.17. The average molecular weight is 314 g/mol. The Morgan fingerprint density at radius 2 is 1.81 bits per heavy atom. The molecule has 1 fully saturated rings. The monoisotopic (exact) mass is 314 g/mol. The van der Waals surface area contributed by atoms with Crippen LogP contribution in [0.25, 0.3) is 0 Å².